The summed E-state index contributed by atoms with van der Waals surface area (Å²) in [6, 6.07) is 3.03. The van der Waals surface area contributed by atoms with Gasteiger partial charge in [0.25, 0.3) is 0 Å². The molecule has 0 spiro atoms. The first-order valence-electron chi connectivity index (χ1n) is 4.08. The first-order chi connectivity index (χ1) is 7.24. The summed E-state index contributed by atoms with van der Waals surface area (Å²) in [6.07, 6.45) is 1.99. The normalized spacial score (nSPS) is 10.1. The first kappa shape index (κ1) is 9.67. The zero-order chi connectivity index (χ0) is 10.8. The van der Waals surface area contributed by atoms with Gasteiger partial charge in [-0.05, 0) is 17.5 Å². The number of aldehydes is 1. The van der Waals surface area contributed by atoms with Crippen LogP contribution in [0.1, 0.15) is 20.0 Å². The summed E-state index contributed by atoms with van der Waals surface area (Å²) in [5.41, 5.74) is 0.592. The zero-order valence-electron chi connectivity index (χ0n) is 7.47. The van der Waals surface area contributed by atoms with Crippen molar-refractivity contribution in [1.82, 2.24) is 0 Å². The highest BCUT2D eigenvalue weighted by molar-refractivity contribution is 7.12. The molecule has 0 aliphatic carbocycles. The van der Waals surface area contributed by atoms with E-state index in [1.54, 1.807) is 11.4 Å². The van der Waals surface area contributed by atoms with Gasteiger partial charge in [-0.1, -0.05) is 0 Å². The number of hydrogen-bond donors (Lipinski definition) is 1. The van der Waals surface area contributed by atoms with Crippen molar-refractivity contribution in [1.29, 1.82) is 0 Å². The maximum Gasteiger partial charge on any atom is 0.339 e. The van der Waals surface area contributed by atoms with Crippen molar-refractivity contribution >= 4 is 23.6 Å². The van der Waals surface area contributed by atoms with E-state index in [9.17, 15) is 9.59 Å². The molecule has 0 radical (unpaired) electrons. The summed E-state index contributed by atoms with van der Waals surface area (Å²) in [5.74, 6) is -0.840. The Morgan fingerprint density at radius 3 is 2.93 bits per heavy atom. The number of carboxylic acid groups (broad SMARTS) is 1. The number of hydrogen-bond acceptors (Lipinski definition) is 4. The van der Waals surface area contributed by atoms with Crippen LogP contribution in [0.4, 0.5) is 0 Å². The molecule has 0 saturated heterocycles. The molecule has 76 valence electrons. The van der Waals surface area contributed by atoms with Crippen LogP contribution in [0.15, 0.2) is 28.2 Å². The van der Waals surface area contributed by atoms with Gasteiger partial charge in [0, 0.05) is 5.56 Å². The third-order valence-corrected chi connectivity index (χ3v) is 2.78. The molecule has 0 fully saturated rings. The Kier molecular flexibility index (Phi) is 2.39. The van der Waals surface area contributed by atoms with Crippen molar-refractivity contribution in [3.63, 3.8) is 0 Å². The maximum absolute atomic E-state index is 10.8. The van der Waals surface area contributed by atoms with Crippen molar-refractivity contribution in [2.75, 3.05) is 0 Å². The number of furan rings is 1. The minimum Gasteiger partial charge on any atom is -0.478 e. The van der Waals surface area contributed by atoms with Crippen LogP contribution in [0.2, 0.25) is 0 Å². The van der Waals surface area contributed by atoms with E-state index >= 15 is 0 Å². The highest BCUT2D eigenvalue weighted by atomic mass is 32.1. The fourth-order valence-corrected chi connectivity index (χ4v) is 1.98. The Morgan fingerprint density at radius 1 is 1.47 bits per heavy atom. The van der Waals surface area contributed by atoms with E-state index in [0.29, 0.717) is 16.7 Å². The van der Waals surface area contributed by atoms with Crippen molar-refractivity contribution in [3.8, 4) is 11.3 Å². The molecule has 2 heterocycles. The molecule has 0 aliphatic heterocycles. The van der Waals surface area contributed by atoms with E-state index < -0.39 is 5.97 Å². The number of carbonyl (C=O) groups is 2. The van der Waals surface area contributed by atoms with Crippen LogP contribution < -0.4 is 0 Å². The van der Waals surface area contributed by atoms with Crippen LogP contribution in [0.25, 0.3) is 11.3 Å². The van der Waals surface area contributed by atoms with E-state index in [2.05, 4.69) is 0 Å². The molecule has 0 saturated carbocycles. The summed E-state index contributed by atoms with van der Waals surface area (Å²) < 4.78 is 5.08. The van der Waals surface area contributed by atoms with Gasteiger partial charge in [0.1, 0.15) is 11.3 Å². The lowest BCUT2D eigenvalue weighted by atomic mass is 10.1. The molecule has 1 N–H and O–H groups in total. The lowest BCUT2D eigenvalue weighted by Crippen LogP contribution is -1.96. The molecule has 0 unspecified atom stereocenters. The smallest absolute Gasteiger partial charge is 0.339 e. The van der Waals surface area contributed by atoms with Crippen molar-refractivity contribution < 1.29 is 19.1 Å². The molecule has 2 rings (SSSR count). The average molecular weight is 222 g/mol. The predicted molar refractivity (Wildman–Crippen MR) is 54.4 cm³/mol. The van der Waals surface area contributed by atoms with Crippen LogP contribution in [-0.4, -0.2) is 17.4 Å². The van der Waals surface area contributed by atoms with Crippen LogP contribution in [-0.2, 0) is 0 Å². The standard InChI is InChI=1S/C10H6O4S/c11-5-8-6(2-4-15-8)9-7(10(12)13)1-3-14-9/h1-5H,(H,12,13). The zero-order valence-corrected chi connectivity index (χ0v) is 8.28. The summed E-state index contributed by atoms with van der Waals surface area (Å²) in [5, 5.41) is 10.6. The van der Waals surface area contributed by atoms with E-state index in [-0.39, 0.29) is 11.3 Å². The average Bonchev–Trinajstić information content (AvgIpc) is 2.85. The highest BCUT2D eigenvalue weighted by Gasteiger charge is 2.18. The fourth-order valence-electron chi connectivity index (χ4n) is 1.29. The summed E-state index contributed by atoms with van der Waals surface area (Å²) in [6.45, 7) is 0. The van der Waals surface area contributed by atoms with Crippen molar-refractivity contribution in [3.05, 3.63) is 34.2 Å². The van der Waals surface area contributed by atoms with Gasteiger partial charge in [-0.15, -0.1) is 11.3 Å². The molecule has 4 nitrogen and oxygen atoms in total. The van der Waals surface area contributed by atoms with E-state index in [0.717, 1.165) is 0 Å². The van der Waals surface area contributed by atoms with E-state index in [4.69, 9.17) is 9.52 Å². The molecule has 2 aromatic rings. The number of aromatic carboxylic acids is 1. The van der Waals surface area contributed by atoms with Gasteiger partial charge in [-0.2, -0.15) is 0 Å². The molecule has 2 aromatic heterocycles. The Morgan fingerprint density at radius 2 is 2.27 bits per heavy atom. The van der Waals surface area contributed by atoms with Crippen LogP contribution in [0.3, 0.4) is 0 Å². The van der Waals surface area contributed by atoms with Crippen LogP contribution in [0.5, 0.6) is 0 Å². The fraction of sp³-hybridized carbons (Fsp3) is 0. The van der Waals surface area contributed by atoms with Gasteiger partial charge in [-0.25, -0.2) is 4.79 Å². The molecule has 0 atom stereocenters. The Bertz CT molecular complexity index is 509. The number of carbonyl (C=O) groups excluding carboxylic acids is 1. The van der Waals surface area contributed by atoms with E-state index in [1.807, 2.05) is 0 Å². The second-order valence-corrected chi connectivity index (χ2v) is 3.73. The van der Waals surface area contributed by atoms with Gasteiger partial charge in [-0.3, -0.25) is 4.79 Å². The topological polar surface area (TPSA) is 67.5 Å². The van der Waals surface area contributed by atoms with E-state index in [1.165, 1.54) is 23.7 Å². The number of thiophene rings is 1. The molecule has 5 heteroatoms. The lowest BCUT2D eigenvalue weighted by molar-refractivity contribution is 0.0697. The molecule has 0 aliphatic rings. The summed E-state index contributed by atoms with van der Waals surface area (Å²) >= 11 is 1.25. The number of rotatable bonds is 3. The van der Waals surface area contributed by atoms with Crippen LogP contribution >= 0.6 is 11.3 Å². The van der Waals surface area contributed by atoms with Gasteiger partial charge < -0.3 is 9.52 Å². The Labute approximate surface area is 88.8 Å². The second-order valence-electron chi connectivity index (χ2n) is 2.78. The summed E-state index contributed by atoms with van der Waals surface area (Å²) in [7, 11) is 0. The second kappa shape index (κ2) is 3.70. The third kappa shape index (κ3) is 1.57. The SMILES string of the molecule is O=Cc1sccc1-c1occc1C(=O)O. The quantitative estimate of drug-likeness (QED) is 0.810. The molecule has 0 amide bonds. The predicted octanol–water partition coefficient (Wildman–Crippen LogP) is 2.52. The molecular weight excluding hydrogens is 216 g/mol. The maximum atomic E-state index is 10.8. The lowest BCUT2D eigenvalue weighted by Gasteiger charge is -1.96. The largest absolute Gasteiger partial charge is 0.478 e. The minimum atomic E-state index is -1.07. The minimum absolute atomic E-state index is 0.0662. The van der Waals surface area contributed by atoms with Gasteiger partial charge in [0.2, 0.25) is 0 Å². The number of carboxylic acids is 1. The third-order valence-electron chi connectivity index (χ3n) is 1.94. The Hall–Kier alpha value is -1.88. The van der Waals surface area contributed by atoms with Crippen molar-refractivity contribution in [2.24, 2.45) is 0 Å². The van der Waals surface area contributed by atoms with Crippen molar-refractivity contribution in [2.45, 2.75) is 0 Å². The monoisotopic (exact) mass is 222 g/mol. The molecule has 15 heavy (non-hydrogen) atoms. The molecular formula is C10H6O4S. The molecule has 0 aromatic carbocycles. The highest BCUT2D eigenvalue weighted by Crippen LogP contribution is 2.30. The van der Waals surface area contributed by atoms with Crippen LogP contribution in [0, 0.1) is 0 Å². The molecule has 0 bridgehead atoms. The van der Waals surface area contributed by atoms with Gasteiger partial charge in [0.05, 0.1) is 11.1 Å². The summed E-state index contributed by atoms with van der Waals surface area (Å²) in [4.78, 5) is 22.0. The first-order valence-corrected chi connectivity index (χ1v) is 4.96. The Balaban J connectivity index is 2.58. The van der Waals surface area contributed by atoms with Gasteiger partial charge >= 0.3 is 5.97 Å². The van der Waals surface area contributed by atoms with Gasteiger partial charge in [0.15, 0.2) is 6.29 Å².